The quantitative estimate of drug-likeness (QED) is 0.922. The van der Waals surface area contributed by atoms with Crippen molar-refractivity contribution in [3.63, 3.8) is 0 Å². The van der Waals surface area contributed by atoms with Gasteiger partial charge in [0.15, 0.2) is 4.34 Å². The smallest absolute Gasteiger partial charge is 0.179 e. The van der Waals surface area contributed by atoms with Crippen molar-refractivity contribution in [1.29, 1.82) is 0 Å². The van der Waals surface area contributed by atoms with Crippen molar-refractivity contribution in [1.82, 2.24) is 10.2 Å². The van der Waals surface area contributed by atoms with Crippen LogP contribution in [0.1, 0.15) is 10.6 Å². The summed E-state index contributed by atoms with van der Waals surface area (Å²) < 4.78 is 6.13. The van der Waals surface area contributed by atoms with E-state index in [1.54, 1.807) is 30.2 Å². The molecule has 0 saturated heterocycles. The van der Waals surface area contributed by atoms with Gasteiger partial charge in [-0.15, -0.1) is 10.2 Å². The minimum atomic E-state index is 0.504. The lowest BCUT2D eigenvalue weighted by Crippen LogP contribution is -1.98. The fourth-order valence-corrected chi connectivity index (χ4v) is 3.28. The van der Waals surface area contributed by atoms with Crippen LogP contribution < -0.4 is 10.5 Å². The summed E-state index contributed by atoms with van der Waals surface area (Å²) in [6.45, 7) is 2.45. The molecule has 0 spiro atoms. The first-order chi connectivity index (χ1) is 8.22. The predicted molar refractivity (Wildman–Crippen MR) is 69.7 cm³/mol. The number of benzene rings is 1. The third kappa shape index (κ3) is 2.96. The van der Waals surface area contributed by atoms with E-state index in [0.717, 1.165) is 25.6 Å². The van der Waals surface area contributed by atoms with Crippen LogP contribution in [0.5, 0.6) is 5.75 Å². The molecular formula is C11H13N3OS2. The Morgan fingerprint density at radius 2 is 2.24 bits per heavy atom. The Morgan fingerprint density at radius 1 is 1.41 bits per heavy atom. The van der Waals surface area contributed by atoms with E-state index in [4.69, 9.17) is 10.5 Å². The molecule has 17 heavy (non-hydrogen) atoms. The van der Waals surface area contributed by atoms with E-state index in [0.29, 0.717) is 6.54 Å². The number of hydrogen-bond acceptors (Lipinski definition) is 6. The zero-order chi connectivity index (χ0) is 12.3. The van der Waals surface area contributed by atoms with Crippen LogP contribution in [0.2, 0.25) is 0 Å². The van der Waals surface area contributed by atoms with Gasteiger partial charge in [-0.05, 0) is 24.6 Å². The van der Waals surface area contributed by atoms with Crippen molar-refractivity contribution in [2.75, 3.05) is 7.11 Å². The molecule has 2 rings (SSSR count). The van der Waals surface area contributed by atoms with Gasteiger partial charge in [0.05, 0.1) is 7.11 Å². The highest BCUT2D eigenvalue weighted by atomic mass is 32.2. The Balaban J connectivity index is 2.29. The number of rotatable bonds is 4. The lowest BCUT2D eigenvalue weighted by molar-refractivity contribution is 0.413. The molecule has 0 aliphatic rings. The second kappa shape index (κ2) is 5.48. The maximum Gasteiger partial charge on any atom is 0.179 e. The zero-order valence-electron chi connectivity index (χ0n) is 9.64. The summed E-state index contributed by atoms with van der Waals surface area (Å²) in [5, 5.41) is 9.05. The van der Waals surface area contributed by atoms with Gasteiger partial charge >= 0.3 is 0 Å². The Kier molecular flexibility index (Phi) is 3.98. The van der Waals surface area contributed by atoms with Crippen LogP contribution in [-0.2, 0) is 6.54 Å². The molecule has 1 aromatic carbocycles. The van der Waals surface area contributed by atoms with Gasteiger partial charge in [-0.2, -0.15) is 0 Å². The van der Waals surface area contributed by atoms with Gasteiger partial charge in [0, 0.05) is 11.4 Å². The van der Waals surface area contributed by atoms with Crippen molar-refractivity contribution in [2.45, 2.75) is 22.7 Å². The van der Waals surface area contributed by atoms with E-state index < -0.39 is 0 Å². The summed E-state index contributed by atoms with van der Waals surface area (Å²) in [4.78, 5) is 1.07. The van der Waals surface area contributed by atoms with Gasteiger partial charge < -0.3 is 10.5 Å². The summed E-state index contributed by atoms with van der Waals surface area (Å²) in [5.41, 5.74) is 6.80. The van der Waals surface area contributed by atoms with Gasteiger partial charge in [-0.1, -0.05) is 29.2 Å². The Morgan fingerprint density at radius 3 is 2.82 bits per heavy atom. The summed E-state index contributed by atoms with van der Waals surface area (Å²) in [7, 11) is 1.65. The molecule has 90 valence electrons. The number of ether oxygens (including phenoxy) is 1. The average molecular weight is 267 g/mol. The summed E-state index contributed by atoms with van der Waals surface area (Å²) in [6, 6.07) is 5.87. The van der Waals surface area contributed by atoms with Gasteiger partial charge in [-0.3, -0.25) is 0 Å². The molecule has 6 heteroatoms. The minimum Gasteiger partial charge on any atom is -0.497 e. The molecule has 0 fully saturated rings. The lowest BCUT2D eigenvalue weighted by atomic mass is 10.2. The van der Waals surface area contributed by atoms with Gasteiger partial charge in [0.25, 0.3) is 0 Å². The van der Waals surface area contributed by atoms with Crippen molar-refractivity contribution >= 4 is 23.1 Å². The fraction of sp³-hybridized carbons (Fsp3) is 0.273. The molecule has 0 saturated carbocycles. The van der Waals surface area contributed by atoms with Crippen LogP contribution in [-0.4, -0.2) is 17.3 Å². The van der Waals surface area contributed by atoms with E-state index in [1.807, 2.05) is 25.1 Å². The monoisotopic (exact) mass is 267 g/mol. The summed E-state index contributed by atoms with van der Waals surface area (Å²) >= 11 is 3.15. The van der Waals surface area contributed by atoms with E-state index in [2.05, 4.69) is 10.2 Å². The first-order valence-corrected chi connectivity index (χ1v) is 6.71. The number of aromatic nitrogens is 2. The highest BCUT2D eigenvalue weighted by Gasteiger charge is 2.08. The van der Waals surface area contributed by atoms with Crippen LogP contribution in [0.15, 0.2) is 27.4 Å². The molecule has 0 atom stereocenters. The van der Waals surface area contributed by atoms with Gasteiger partial charge in [-0.25, -0.2) is 0 Å². The summed E-state index contributed by atoms with van der Waals surface area (Å²) in [5.74, 6) is 0.825. The molecule has 0 unspecified atom stereocenters. The zero-order valence-corrected chi connectivity index (χ0v) is 11.3. The average Bonchev–Trinajstić information content (AvgIpc) is 2.74. The number of methoxy groups -OCH3 is 1. The minimum absolute atomic E-state index is 0.504. The van der Waals surface area contributed by atoms with Crippen molar-refractivity contribution in [2.24, 2.45) is 5.73 Å². The molecule has 0 amide bonds. The number of hydrogen-bond donors (Lipinski definition) is 1. The second-order valence-electron chi connectivity index (χ2n) is 3.37. The highest BCUT2D eigenvalue weighted by molar-refractivity contribution is 8.01. The molecule has 0 bridgehead atoms. The van der Waals surface area contributed by atoms with Crippen molar-refractivity contribution in [3.8, 4) is 5.75 Å². The standard InChI is InChI=1S/C11H13N3OS2/c1-7-13-14-11(16-7)17-10-5-9(15-2)4-3-8(10)6-12/h3-5H,6,12H2,1-2H3. The van der Waals surface area contributed by atoms with Crippen LogP contribution in [0.3, 0.4) is 0 Å². The Labute approximate surface area is 108 Å². The van der Waals surface area contributed by atoms with Crippen LogP contribution in [0.25, 0.3) is 0 Å². The van der Waals surface area contributed by atoms with Crippen molar-refractivity contribution in [3.05, 3.63) is 28.8 Å². The van der Waals surface area contributed by atoms with Crippen LogP contribution in [0.4, 0.5) is 0 Å². The highest BCUT2D eigenvalue weighted by Crippen LogP contribution is 2.34. The molecule has 0 radical (unpaired) electrons. The molecule has 2 aromatic rings. The van der Waals surface area contributed by atoms with E-state index >= 15 is 0 Å². The fourth-order valence-electron chi connectivity index (χ4n) is 1.34. The Hall–Kier alpha value is -1.11. The molecule has 2 N–H and O–H groups in total. The summed E-state index contributed by atoms with van der Waals surface area (Å²) in [6.07, 6.45) is 0. The first-order valence-electron chi connectivity index (χ1n) is 5.08. The van der Waals surface area contributed by atoms with Gasteiger partial charge in [0.1, 0.15) is 10.8 Å². The number of aryl methyl sites for hydroxylation is 1. The molecule has 0 aliphatic heterocycles. The second-order valence-corrected chi connectivity index (χ2v) is 5.84. The maximum absolute atomic E-state index is 5.71. The number of nitrogens with zero attached hydrogens (tertiary/aromatic N) is 2. The Bertz CT molecular complexity index is 513. The van der Waals surface area contributed by atoms with Crippen LogP contribution in [0, 0.1) is 6.92 Å². The molecule has 0 aliphatic carbocycles. The normalized spacial score (nSPS) is 10.5. The molecule has 4 nitrogen and oxygen atoms in total. The predicted octanol–water partition coefficient (Wildman–Crippen LogP) is 2.47. The van der Waals surface area contributed by atoms with Crippen LogP contribution >= 0.6 is 23.1 Å². The van der Waals surface area contributed by atoms with E-state index in [9.17, 15) is 0 Å². The van der Waals surface area contributed by atoms with E-state index in [-0.39, 0.29) is 0 Å². The van der Waals surface area contributed by atoms with E-state index in [1.165, 1.54) is 0 Å². The maximum atomic E-state index is 5.71. The molecule has 1 heterocycles. The first kappa shape index (κ1) is 12.3. The lowest BCUT2D eigenvalue weighted by Gasteiger charge is -2.07. The largest absolute Gasteiger partial charge is 0.497 e. The molecular weight excluding hydrogens is 254 g/mol. The topological polar surface area (TPSA) is 61.0 Å². The van der Waals surface area contributed by atoms with Crippen molar-refractivity contribution < 1.29 is 4.74 Å². The third-order valence-corrected chi connectivity index (χ3v) is 4.19. The third-order valence-electron chi connectivity index (χ3n) is 2.20. The van der Waals surface area contributed by atoms with Gasteiger partial charge in [0.2, 0.25) is 0 Å². The molecule has 1 aromatic heterocycles. The number of nitrogens with two attached hydrogens (primary N) is 1. The SMILES string of the molecule is COc1ccc(CN)c(Sc2nnc(C)s2)c1.